The fourth-order valence-corrected chi connectivity index (χ4v) is 3.05. The number of hydrogen-bond donors (Lipinski definition) is 0. The highest BCUT2D eigenvalue weighted by Crippen LogP contribution is 2.15. The monoisotopic (exact) mass is 322 g/mol. The van der Waals surface area contributed by atoms with Crippen molar-refractivity contribution >= 4 is 6.29 Å². The van der Waals surface area contributed by atoms with Crippen LogP contribution in [0.15, 0.2) is 12.2 Å². The van der Waals surface area contributed by atoms with Gasteiger partial charge in [0.2, 0.25) is 0 Å². The highest BCUT2D eigenvalue weighted by molar-refractivity contribution is 5.53. The summed E-state index contributed by atoms with van der Waals surface area (Å²) in [5.74, 6) is 0.326. The molecule has 0 rings (SSSR count). The summed E-state index contributed by atoms with van der Waals surface area (Å²) in [6.45, 7) is 4.47. The van der Waals surface area contributed by atoms with Gasteiger partial charge in [-0.3, -0.25) is 0 Å². The van der Waals surface area contributed by atoms with E-state index in [4.69, 9.17) is 0 Å². The summed E-state index contributed by atoms with van der Waals surface area (Å²) in [5.41, 5.74) is 0. The number of rotatable bonds is 18. The number of carbonyl (C=O) groups excluding carboxylic acids is 1. The summed E-state index contributed by atoms with van der Waals surface area (Å²) in [6.07, 6.45) is 26.6. The van der Waals surface area contributed by atoms with Crippen LogP contribution in [0, 0.1) is 5.92 Å². The first kappa shape index (κ1) is 22.4. The van der Waals surface area contributed by atoms with Gasteiger partial charge in [-0.25, -0.2) is 0 Å². The predicted molar refractivity (Wildman–Crippen MR) is 104 cm³/mol. The normalized spacial score (nSPS) is 12.8. The third-order valence-corrected chi connectivity index (χ3v) is 4.71. The second-order valence-electron chi connectivity index (χ2n) is 7.06. The van der Waals surface area contributed by atoms with Crippen molar-refractivity contribution in [3.63, 3.8) is 0 Å². The summed E-state index contributed by atoms with van der Waals surface area (Å²) in [6, 6.07) is 0. The molecule has 0 fully saturated rings. The Labute approximate surface area is 146 Å². The van der Waals surface area contributed by atoms with Crippen LogP contribution in [0.3, 0.4) is 0 Å². The van der Waals surface area contributed by atoms with Crippen molar-refractivity contribution in [3.05, 3.63) is 12.2 Å². The molecule has 0 aliphatic heterocycles. The van der Waals surface area contributed by atoms with Gasteiger partial charge in [0.25, 0.3) is 0 Å². The van der Waals surface area contributed by atoms with E-state index >= 15 is 0 Å². The average molecular weight is 323 g/mol. The van der Waals surface area contributed by atoms with Crippen LogP contribution in [0.1, 0.15) is 117 Å². The lowest BCUT2D eigenvalue weighted by Crippen LogP contribution is -2.01. The second kappa shape index (κ2) is 19.5. The van der Waals surface area contributed by atoms with Gasteiger partial charge in [0, 0.05) is 5.92 Å². The van der Waals surface area contributed by atoms with Gasteiger partial charge in [0.1, 0.15) is 6.29 Å². The van der Waals surface area contributed by atoms with Gasteiger partial charge in [-0.05, 0) is 38.5 Å². The minimum atomic E-state index is 0.326. The smallest absolute Gasteiger partial charge is 0.123 e. The fourth-order valence-electron chi connectivity index (χ4n) is 3.05. The highest BCUT2D eigenvalue weighted by Gasteiger charge is 2.05. The van der Waals surface area contributed by atoms with E-state index in [1.807, 2.05) is 0 Å². The highest BCUT2D eigenvalue weighted by atomic mass is 16.1. The van der Waals surface area contributed by atoms with Crippen molar-refractivity contribution in [1.29, 1.82) is 0 Å². The van der Waals surface area contributed by atoms with E-state index in [0.29, 0.717) is 5.92 Å². The van der Waals surface area contributed by atoms with Crippen molar-refractivity contribution in [2.45, 2.75) is 117 Å². The molecule has 0 aliphatic rings. The first-order valence-electron chi connectivity index (χ1n) is 10.4. The summed E-state index contributed by atoms with van der Waals surface area (Å²) in [4.78, 5) is 11.0. The summed E-state index contributed by atoms with van der Waals surface area (Å²) >= 11 is 0. The second-order valence-corrected chi connectivity index (χ2v) is 7.06. The van der Waals surface area contributed by atoms with E-state index in [0.717, 1.165) is 12.8 Å². The van der Waals surface area contributed by atoms with Crippen LogP contribution in [-0.2, 0) is 4.79 Å². The number of unbranched alkanes of at least 4 members (excludes halogenated alkanes) is 11. The van der Waals surface area contributed by atoms with Crippen LogP contribution < -0.4 is 0 Å². The SMILES string of the molecule is CCCCCCCC/C=C\CCCCCCC(C=O)CCCC. The summed E-state index contributed by atoms with van der Waals surface area (Å²) in [7, 11) is 0. The zero-order valence-electron chi connectivity index (χ0n) is 16.0. The molecule has 0 amide bonds. The molecule has 0 spiro atoms. The zero-order valence-corrected chi connectivity index (χ0v) is 16.0. The molecular formula is C22H42O. The molecule has 0 aromatic carbocycles. The van der Waals surface area contributed by atoms with Gasteiger partial charge < -0.3 is 4.79 Å². The molecule has 0 saturated carbocycles. The van der Waals surface area contributed by atoms with Crippen LogP contribution in [-0.4, -0.2) is 6.29 Å². The van der Waals surface area contributed by atoms with Crippen molar-refractivity contribution < 1.29 is 4.79 Å². The molecule has 0 N–H and O–H groups in total. The number of hydrogen-bond acceptors (Lipinski definition) is 1. The van der Waals surface area contributed by atoms with E-state index < -0.39 is 0 Å². The van der Waals surface area contributed by atoms with E-state index in [1.54, 1.807) is 0 Å². The van der Waals surface area contributed by atoms with E-state index in [2.05, 4.69) is 26.0 Å². The maximum Gasteiger partial charge on any atom is 0.123 e. The number of aldehydes is 1. The molecule has 1 nitrogen and oxygen atoms in total. The number of carbonyl (C=O) groups is 1. The fraction of sp³-hybridized carbons (Fsp3) is 0.864. The lowest BCUT2D eigenvalue weighted by atomic mass is 9.96. The first-order valence-corrected chi connectivity index (χ1v) is 10.4. The molecule has 0 aromatic rings. The van der Waals surface area contributed by atoms with E-state index in [9.17, 15) is 4.79 Å². The molecule has 0 bridgehead atoms. The Morgan fingerprint density at radius 3 is 1.65 bits per heavy atom. The zero-order chi connectivity index (χ0) is 17.0. The van der Waals surface area contributed by atoms with Gasteiger partial charge in [-0.1, -0.05) is 90.2 Å². The van der Waals surface area contributed by atoms with Crippen LogP contribution in [0.25, 0.3) is 0 Å². The van der Waals surface area contributed by atoms with Crippen LogP contribution >= 0.6 is 0 Å². The molecule has 0 radical (unpaired) electrons. The topological polar surface area (TPSA) is 17.1 Å². The molecule has 23 heavy (non-hydrogen) atoms. The van der Waals surface area contributed by atoms with Crippen molar-refractivity contribution in [2.24, 2.45) is 5.92 Å². The van der Waals surface area contributed by atoms with Crippen LogP contribution in [0.5, 0.6) is 0 Å². The van der Waals surface area contributed by atoms with Crippen molar-refractivity contribution in [1.82, 2.24) is 0 Å². The summed E-state index contributed by atoms with van der Waals surface area (Å²) in [5, 5.41) is 0. The average Bonchev–Trinajstić information content (AvgIpc) is 2.57. The minimum Gasteiger partial charge on any atom is -0.303 e. The molecule has 0 saturated heterocycles. The predicted octanol–water partition coefficient (Wildman–Crippen LogP) is 7.64. The molecular weight excluding hydrogens is 280 g/mol. The third-order valence-electron chi connectivity index (χ3n) is 4.71. The molecule has 0 aliphatic carbocycles. The molecule has 0 heterocycles. The lowest BCUT2D eigenvalue weighted by Gasteiger charge is -2.08. The van der Waals surface area contributed by atoms with Gasteiger partial charge in [-0.15, -0.1) is 0 Å². The molecule has 1 unspecified atom stereocenters. The lowest BCUT2D eigenvalue weighted by molar-refractivity contribution is -0.111. The van der Waals surface area contributed by atoms with E-state index in [1.165, 1.54) is 96.2 Å². The Bertz CT molecular complexity index is 257. The minimum absolute atomic E-state index is 0.326. The Morgan fingerprint density at radius 2 is 1.09 bits per heavy atom. The Hall–Kier alpha value is -0.590. The maximum absolute atomic E-state index is 11.0. The summed E-state index contributed by atoms with van der Waals surface area (Å²) < 4.78 is 0. The largest absolute Gasteiger partial charge is 0.303 e. The van der Waals surface area contributed by atoms with Crippen molar-refractivity contribution in [3.8, 4) is 0 Å². The quantitative estimate of drug-likeness (QED) is 0.144. The van der Waals surface area contributed by atoms with Gasteiger partial charge >= 0.3 is 0 Å². The van der Waals surface area contributed by atoms with Gasteiger partial charge in [0.05, 0.1) is 0 Å². The number of allylic oxidation sites excluding steroid dienone is 2. The standard InChI is InChI=1S/C22H42O/c1-3-5-7-8-9-10-11-12-13-14-15-16-17-18-20-22(21-23)19-6-4-2/h12-13,21-22H,3-11,14-20H2,1-2H3/b13-12-. The Morgan fingerprint density at radius 1 is 0.609 bits per heavy atom. The molecule has 1 atom stereocenters. The first-order chi connectivity index (χ1) is 11.3. The van der Waals surface area contributed by atoms with Gasteiger partial charge in [0.15, 0.2) is 0 Å². The Kier molecular flexibility index (Phi) is 19.0. The molecule has 136 valence electrons. The van der Waals surface area contributed by atoms with Gasteiger partial charge in [-0.2, -0.15) is 0 Å². The molecule has 1 heteroatoms. The van der Waals surface area contributed by atoms with Crippen LogP contribution in [0.2, 0.25) is 0 Å². The van der Waals surface area contributed by atoms with Crippen LogP contribution in [0.4, 0.5) is 0 Å². The maximum atomic E-state index is 11.0. The van der Waals surface area contributed by atoms with Crippen molar-refractivity contribution in [2.75, 3.05) is 0 Å². The molecule has 0 aromatic heterocycles. The van der Waals surface area contributed by atoms with E-state index in [-0.39, 0.29) is 0 Å². The third kappa shape index (κ3) is 17.6. The Balaban J connectivity index is 3.25.